The summed E-state index contributed by atoms with van der Waals surface area (Å²) in [4.78, 5) is 4.29. The first-order valence-electron chi connectivity index (χ1n) is 4.23. The van der Waals surface area contributed by atoms with Gasteiger partial charge in [-0.15, -0.1) is 6.58 Å². The molecule has 1 heterocycles. The maximum atomic E-state index is 5.85. The highest BCUT2D eigenvalue weighted by Crippen LogP contribution is 2.27. The smallest absolute Gasteiger partial charge is 0.0955 e. The average molecular weight is 163 g/mol. The molecule has 0 spiro atoms. The average Bonchev–Trinajstić information content (AvgIpc) is 2.58. The molecule has 0 radical (unpaired) electrons. The maximum absolute atomic E-state index is 5.85. The number of rotatable bonds is 2. The summed E-state index contributed by atoms with van der Waals surface area (Å²) < 4.78 is 2.12. The second-order valence-electron chi connectivity index (χ2n) is 3.16. The highest BCUT2D eigenvalue weighted by molar-refractivity contribution is 5.23. The van der Waals surface area contributed by atoms with Crippen molar-refractivity contribution in [2.45, 2.75) is 25.4 Å². The van der Waals surface area contributed by atoms with E-state index >= 15 is 0 Å². The predicted molar refractivity (Wildman–Crippen MR) is 47.7 cm³/mol. The summed E-state index contributed by atoms with van der Waals surface area (Å²) in [5.41, 5.74) is 8.23. The van der Waals surface area contributed by atoms with E-state index in [1.54, 1.807) is 0 Å². The first-order chi connectivity index (χ1) is 5.83. The molecule has 0 aliphatic heterocycles. The van der Waals surface area contributed by atoms with Crippen molar-refractivity contribution < 1.29 is 0 Å². The molecule has 3 nitrogen and oxygen atoms in total. The molecule has 1 aromatic heterocycles. The van der Waals surface area contributed by atoms with E-state index in [0.29, 0.717) is 0 Å². The highest BCUT2D eigenvalue weighted by Gasteiger charge is 2.23. The number of hydrogen-bond acceptors (Lipinski definition) is 2. The molecule has 0 aromatic carbocycles. The molecule has 1 aliphatic carbocycles. The zero-order chi connectivity index (χ0) is 8.55. The van der Waals surface area contributed by atoms with Crippen LogP contribution in [0.3, 0.4) is 0 Å². The fourth-order valence-electron chi connectivity index (χ4n) is 1.73. The van der Waals surface area contributed by atoms with Crippen LogP contribution in [0.25, 0.3) is 0 Å². The van der Waals surface area contributed by atoms with E-state index in [1.165, 1.54) is 5.69 Å². The van der Waals surface area contributed by atoms with E-state index in [2.05, 4.69) is 16.1 Å². The molecule has 0 bridgehead atoms. The Labute approximate surface area is 71.9 Å². The third-order valence-corrected chi connectivity index (χ3v) is 2.35. The minimum atomic E-state index is 0.158. The summed E-state index contributed by atoms with van der Waals surface area (Å²) in [6, 6.07) is 0.158. The molecule has 64 valence electrons. The van der Waals surface area contributed by atoms with Crippen molar-refractivity contribution >= 4 is 0 Å². The lowest BCUT2D eigenvalue weighted by atomic mass is 10.3. The van der Waals surface area contributed by atoms with Gasteiger partial charge in [0.05, 0.1) is 12.0 Å². The fraction of sp³-hybridized carbons (Fsp3) is 0.444. The summed E-state index contributed by atoms with van der Waals surface area (Å²) >= 11 is 0. The van der Waals surface area contributed by atoms with Gasteiger partial charge in [0.1, 0.15) is 0 Å². The van der Waals surface area contributed by atoms with Gasteiger partial charge in [0.2, 0.25) is 0 Å². The molecule has 1 unspecified atom stereocenters. The minimum absolute atomic E-state index is 0.158. The zero-order valence-corrected chi connectivity index (χ0v) is 7.03. The third-order valence-electron chi connectivity index (χ3n) is 2.35. The van der Waals surface area contributed by atoms with E-state index < -0.39 is 0 Å². The van der Waals surface area contributed by atoms with Crippen LogP contribution in [0.2, 0.25) is 0 Å². The first kappa shape index (κ1) is 7.55. The van der Waals surface area contributed by atoms with Gasteiger partial charge in [-0.25, -0.2) is 4.98 Å². The Morgan fingerprint density at radius 3 is 3.42 bits per heavy atom. The van der Waals surface area contributed by atoms with Crippen LogP contribution in [-0.2, 0) is 13.0 Å². The monoisotopic (exact) mass is 163 g/mol. The number of aromatic nitrogens is 2. The van der Waals surface area contributed by atoms with Crippen molar-refractivity contribution in [3.8, 4) is 0 Å². The first-order valence-corrected chi connectivity index (χ1v) is 4.23. The number of fused-ring (bicyclic) bond motifs is 1. The molecule has 0 saturated heterocycles. The summed E-state index contributed by atoms with van der Waals surface area (Å²) in [5, 5.41) is 0. The second-order valence-corrected chi connectivity index (χ2v) is 3.16. The number of nitrogens with two attached hydrogens (primary N) is 1. The van der Waals surface area contributed by atoms with Crippen LogP contribution >= 0.6 is 0 Å². The van der Waals surface area contributed by atoms with Gasteiger partial charge in [-0.05, 0) is 12.8 Å². The summed E-state index contributed by atoms with van der Waals surface area (Å²) in [7, 11) is 0. The van der Waals surface area contributed by atoms with Gasteiger partial charge >= 0.3 is 0 Å². The lowest BCUT2D eigenvalue weighted by Crippen LogP contribution is -2.05. The Bertz CT molecular complexity index is 301. The minimum Gasteiger partial charge on any atom is -0.330 e. The van der Waals surface area contributed by atoms with Gasteiger partial charge in [0.15, 0.2) is 0 Å². The zero-order valence-electron chi connectivity index (χ0n) is 7.03. The summed E-state index contributed by atoms with van der Waals surface area (Å²) in [6.45, 7) is 4.54. The molecule has 2 rings (SSSR count). The Kier molecular flexibility index (Phi) is 1.73. The molecule has 0 amide bonds. The van der Waals surface area contributed by atoms with Crippen LogP contribution in [-0.4, -0.2) is 9.55 Å². The Hall–Kier alpha value is -1.09. The predicted octanol–water partition coefficient (Wildman–Crippen LogP) is 1.02. The molecule has 3 heteroatoms. The Morgan fingerprint density at radius 1 is 1.83 bits per heavy atom. The molecule has 1 atom stereocenters. The molecule has 0 saturated carbocycles. The molecule has 12 heavy (non-hydrogen) atoms. The summed E-state index contributed by atoms with van der Waals surface area (Å²) in [5.74, 6) is 0. The van der Waals surface area contributed by atoms with Crippen molar-refractivity contribution in [3.05, 3.63) is 30.4 Å². The standard InChI is InChI=1S/C9H13N3/c1-2-5-12-6-11-9-7(10)3-4-8(9)12/h2,6-7H,1,3-5,10H2. The van der Waals surface area contributed by atoms with E-state index in [4.69, 9.17) is 5.73 Å². The highest BCUT2D eigenvalue weighted by atomic mass is 15.1. The second kappa shape index (κ2) is 2.75. The lowest BCUT2D eigenvalue weighted by Gasteiger charge is -1.99. The third kappa shape index (κ3) is 0.975. The van der Waals surface area contributed by atoms with Crippen molar-refractivity contribution in [2.24, 2.45) is 5.73 Å². The molecular weight excluding hydrogens is 150 g/mol. The Balaban J connectivity index is 2.35. The quantitative estimate of drug-likeness (QED) is 0.661. The fourth-order valence-corrected chi connectivity index (χ4v) is 1.73. The van der Waals surface area contributed by atoms with Gasteiger partial charge in [0, 0.05) is 18.3 Å². The van der Waals surface area contributed by atoms with Crippen LogP contribution in [0, 0.1) is 0 Å². The topological polar surface area (TPSA) is 43.8 Å². The van der Waals surface area contributed by atoms with E-state index in [-0.39, 0.29) is 6.04 Å². The Morgan fingerprint density at radius 2 is 2.67 bits per heavy atom. The number of hydrogen-bond donors (Lipinski definition) is 1. The maximum Gasteiger partial charge on any atom is 0.0955 e. The number of imidazole rings is 1. The van der Waals surface area contributed by atoms with Gasteiger partial charge in [-0.1, -0.05) is 6.08 Å². The van der Waals surface area contributed by atoms with Gasteiger partial charge in [-0.3, -0.25) is 0 Å². The van der Waals surface area contributed by atoms with Crippen molar-refractivity contribution in [2.75, 3.05) is 0 Å². The van der Waals surface area contributed by atoms with Gasteiger partial charge in [-0.2, -0.15) is 0 Å². The van der Waals surface area contributed by atoms with Gasteiger partial charge in [0.25, 0.3) is 0 Å². The molecule has 1 aliphatic rings. The molecular formula is C9H13N3. The molecule has 0 fully saturated rings. The van der Waals surface area contributed by atoms with E-state index in [0.717, 1.165) is 25.1 Å². The normalized spacial score (nSPS) is 20.9. The summed E-state index contributed by atoms with van der Waals surface area (Å²) in [6.07, 6.45) is 5.83. The van der Waals surface area contributed by atoms with E-state index in [9.17, 15) is 0 Å². The molecule has 1 aromatic rings. The van der Waals surface area contributed by atoms with Gasteiger partial charge < -0.3 is 10.3 Å². The van der Waals surface area contributed by atoms with Crippen LogP contribution in [0.1, 0.15) is 23.9 Å². The van der Waals surface area contributed by atoms with Crippen molar-refractivity contribution in [3.63, 3.8) is 0 Å². The van der Waals surface area contributed by atoms with E-state index in [1.807, 2.05) is 12.4 Å². The van der Waals surface area contributed by atoms with Crippen LogP contribution in [0.15, 0.2) is 19.0 Å². The molecule has 2 N–H and O–H groups in total. The van der Waals surface area contributed by atoms with Crippen molar-refractivity contribution in [1.82, 2.24) is 9.55 Å². The number of nitrogens with zero attached hydrogens (tertiary/aromatic N) is 2. The van der Waals surface area contributed by atoms with Crippen molar-refractivity contribution in [1.29, 1.82) is 0 Å². The van der Waals surface area contributed by atoms with Crippen LogP contribution in [0.5, 0.6) is 0 Å². The number of allylic oxidation sites excluding steroid dienone is 1. The SMILES string of the molecule is C=CCn1cnc2c1CCC2N. The largest absolute Gasteiger partial charge is 0.330 e. The van der Waals surface area contributed by atoms with Crippen LogP contribution < -0.4 is 5.73 Å². The van der Waals surface area contributed by atoms with Crippen LogP contribution in [0.4, 0.5) is 0 Å². The lowest BCUT2D eigenvalue weighted by molar-refractivity contribution is 0.677.